The molecule has 0 heterocycles. The first-order chi connectivity index (χ1) is 26.7. The molecule has 0 bridgehead atoms. The van der Waals surface area contributed by atoms with Crippen molar-refractivity contribution in [3.8, 4) is 0 Å². The normalized spacial score (nSPS) is 17.4. The number of fused-ring (bicyclic) bond motifs is 5. The largest absolute Gasteiger partial charge is 1.00 e. The molecular formula is C57H68Cl2Zr-2. The predicted octanol–water partition coefficient (Wildman–Crippen LogP) is 9.86. The third-order valence-electron chi connectivity index (χ3n) is 12.5. The maximum Gasteiger partial charge on any atom is 0.00178 e. The fourth-order valence-electron chi connectivity index (χ4n) is 9.31. The Bertz CT molecular complexity index is 2370. The minimum absolute atomic E-state index is 0. The van der Waals surface area contributed by atoms with Crippen LogP contribution in [0.2, 0.25) is 0 Å². The van der Waals surface area contributed by atoms with Crippen molar-refractivity contribution in [2.75, 3.05) is 0 Å². The van der Waals surface area contributed by atoms with E-state index >= 15 is 0 Å². The van der Waals surface area contributed by atoms with Crippen molar-refractivity contribution in [1.82, 2.24) is 0 Å². The second-order valence-corrected chi connectivity index (χ2v) is 22.9. The van der Waals surface area contributed by atoms with Gasteiger partial charge in [0.05, 0.1) is 0 Å². The third-order valence-corrected chi connectivity index (χ3v) is 13.9. The Morgan fingerprint density at radius 3 is 1.23 bits per heavy atom. The van der Waals surface area contributed by atoms with E-state index in [-0.39, 0.29) is 46.5 Å². The average Bonchev–Trinajstić information content (AvgIpc) is 3.79. The van der Waals surface area contributed by atoms with Crippen LogP contribution in [0, 0.1) is 17.4 Å². The molecular weight excluding hydrogens is 847 g/mol. The molecule has 0 N–H and O–H groups in total. The van der Waals surface area contributed by atoms with Crippen molar-refractivity contribution in [3.05, 3.63) is 159 Å². The first-order valence-electron chi connectivity index (χ1n) is 21.4. The number of hydrogen-bond donors (Lipinski definition) is 0. The van der Waals surface area contributed by atoms with Crippen molar-refractivity contribution in [3.63, 3.8) is 0 Å². The Balaban J connectivity index is 0.000000209. The first kappa shape index (κ1) is 49.7. The smallest absolute Gasteiger partial charge is 0.00178 e. The predicted molar refractivity (Wildman–Crippen MR) is 253 cm³/mol. The van der Waals surface area contributed by atoms with Gasteiger partial charge in [0.2, 0.25) is 0 Å². The van der Waals surface area contributed by atoms with Crippen molar-refractivity contribution in [2.45, 2.75) is 139 Å². The molecule has 3 aliphatic carbocycles. The van der Waals surface area contributed by atoms with Gasteiger partial charge in [-0.2, -0.15) is 11.6 Å². The van der Waals surface area contributed by atoms with Crippen LogP contribution in [0.15, 0.2) is 108 Å². The van der Waals surface area contributed by atoms with Crippen molar-refractivity contribution >= 4 is 35.9 Å². The fraction of sp³-hybridized carbons (Fsp3) is 0.404. The van der Waals surface area contributed by atoms with Gasteiger partial charge in [-0.3, -0.25) is 6.08 Å². The zero-order chi connectivity index (χ0) is 42.9. The topological polar surface area (TPSA) is 0 Å². The quantitative estimate of drug-likeness (QED) is 0.155. The number of allylic oxidation sites excluding steroid dienone is 8. The van der Waals surface area contributed by atoms with Crippen molar-refractivity contribution in [2.24, 2.45) is 11.3 Å². The summed E-state index contributed by atoms with van der Waals surface area (Å²) in [5.74, 6) is 0.518. The number of halogens is 2. The van der Waals surface area contributed by atoms with Gasteiger partial charge >= 0.3 is 151 Å². The summed E-state index contributed by atoms with van der Waals surface area (Å²) >= 11 is 1.46. The van der Waals surface area contributed by atoms with E-state index in [4.69, 9.17) is 0 Å². The van der Waals surface area contributed by atoms with E-state index < -0.39 is 0 Å². The SMILES string of the molecule is CC(C)(C)c1ccc([C](=[Zr+2])c2ccc(C(C)(C)C)cc2)cc1.CC1=CC(C)(C)c2cc3[cH-]c4cc5c(cc4c3cc21)C(C)=CC5(C)C.CC1=[C-]C(C)C=C1C(C)(C)C.[Cl-].[Cl-]. The standard InChI is InChI=1S/C25H25.C21H26.C11H17.2ClH.Zr/c1-14-12-24(3,4)22-8-16-7-17-9-23-19(15(2)13-25(23,5)6)11-21(17)20(16)10-18(14)22;1-20(2,3)18-11-7-16(8-12-18)15-17-9-13-19(14-10-17)21(4,5)6;1-8-6-9(2)10(7-8)11(3,4)5;;;/h7-13H,1-6H3;7-14H,1-6H3;7-8H,1-5H3;2*1H;/q-1;;-1;;;+2/p-2. The van der Waals surface area contributed by atoms with Crippen LogP contribution in [0.4, 0.5) is 0 Å². The molecule has 0 saturated heterocycles. The molecule has 0 aliphatic heterocycles. The Labute approximate surface area is 391 Å². The van der Waals surface area contributed by atoms with Gasteiger partial charge < -0.3 is 24.8 Å². The van der Waals surface area contributed by atoms with E-state index in [0.29, 0.717) is 11.3 Å². The van der Waals surface area contributed by atoms with E-state index in [1.165, 1.54) is 116 Å². The summed E-state index contributed by atoms with van der Waals surface area (Å²) < 4.78 is 1.42. The molecule has 0 saturated carbocycles. The van der Waals surface area contributed by atoms with Crippen LogP contribution < -0.4 is 24.8 Å². The van der Waals surface area contributed by atoms with Gasteiger partial charge in [-0.05, 0) is 36.1 Å². The summed E-state index contributed by atoms with van der Waals surface area (Å²) in [4.78, 5) is 0. The number of benzene rings is 4. The van der Waals surface area contributed by atoms with Crippen LogP contribution in [0.25, 0.3) is 32.7 Å². The molecule has 5 aromatic carbocycles. The summed E-state index contributed by atoms with van der Waals surface area (Å²) in [6.07, 6.45) is 10.5. The monoisotopic (exact) mass is 912 g/mol. The Morgan fingerprint density at radius 2 is 0.950 bits per heavy atom. The number of rotatable bonds is 2. The van der Waals surface area contributed by atoms with Gasteiger partial charge in [0.1, 0.15) is 0 Å². The van der Waals surface area contributed by atoms with Crippen LogP contribution in [-0.2, 0) is 45.9 Å². The first-order valence-corrected chi connectivity index (χ1v) is 22.7. The molecule has 0 amide bonds. The maximum atomic E-state index is 3.40. The molecule has 5 aromatic rings. The summed E-state index contributed by atoms with van der Waals surface area (Å²) in [6.45, 7) is 38.4. The average molecular weight is 915 g/mol. The zero-order valence-corrected chi connectivity index (χ0v) is 43.5. The number of hydrogen-bond acceptors (Lipinski definition) is 0. The Kier molecular flexibility index (Phi) is 14.6. The molecule has 0 spiro atoms. The van der Waals surface area contributed by atoms with E-state index in [0.717, 1.165) is 0 Å². The van der Waals surface area contributed by atoms with E-state index in [1.54, 1.807) is 0 Å². The van der Waals surface area contributed by atoms with Crippen molar-refractivity contribution < 1.29 is 49.0 Å². The van der Waals surface area contributed by atoms with Gasteiger partial charge in [0.15, 0.2) is 0 Å². The maximum absolute atomic E-state index is 3.40. The van der Waals surface area contributed by atoms with E-state index in [2.05, 4.69) is 221 Å². The van der Waals surface area contributed by atoms with Crippen LogP contribution >= 0.6 is 0 Å². The Morgan fingerprint density at radius 1 is 0.583 bits per heavy atom. The second kappa shape index (κ2) is 17.7. The van der Waals surface area contributed by atoms with Crippen LogP contribution in [-0.4, -0.2) is 3.21 Å². The molecule has 316 valence electrons. The van der Waals surface area contributed by atoms with Gasteiger partial charge in [0.25, 0.3) is 0 Å². The molecule has 3 heteroatoms. The van der Waals surface area contributed by atoms with Crippen molar-refractivity contribution in [1.29, 1.82) is 0 Å². The minimum atomic E-state index is 0. The van der Waals surface area contributed by atoms with Gasteiger partial charge in [-0.1, -0.05) is 109 Å². The molecule has 0 fully saturated rings. The summed E-state index contributed by atoms with van der Waals surface area (Å²) in [6, 6.07) is 30.2. The van der Waals surface area contributed by atoms with Crippen LogP contribution in [0.1, 0.15) is 162 Å². The minimum Gasteiger partial charge on any atom is -1.00 e. The summed E-state index contributed by atoms with van der Waals surface area (Å²) in [7, 11) is 0. The second-order valence-electron chi connectivity index (χ2n) is 21.6. The fourth-order valence-corrected chi connectivity index (χ4v) is 10.1. The van der Waals surface area contributed by atoms with Gasteiger partial charge in [0, 0.05) is 10.8 Å². The summed E-state index contributed by atoms with van der Waals surface area (Å²) in [5.41, 5.74) is 17.9. The summed E-state index contributed by atoms with van der Waals surface area (Å²) in [5, 5.41) is 5.57. The van der Waals surface area contributed by atoms with Gasteiger partial charge in [-0.15, -0.1) is 39.7 Å². The molecule has 1 atom stereocenters. The zero-order valence-electron chi connectivity index (χ0n) is 39.6. The molecule has 3 aliphatic rings. The molecule has 1 unspecified atom stereocenters. The molecule has 0 nitrogen and oxygen atoms in total. The third kappa shape index (κ3) is 10.3. The van der Waals surface area contributed by atoms with E-state index in [9.17, 15) is 0 Å². The van der Waals surface area contributed by atoms with Gasteiger partial charge in [-0.25, -0.2) is 5.57 Å². The molecule has 8 rings (SSSR count). The van der Waals surface area contributed by atoms with E-state index in [1.807, 2.05) is 0 Å². The molecule has 60 heavy (non-hydrogen) atoms. The Hall–Kier alpha value is -2.96. The molecule has 0 radical (unpaired) electrons. The van der Waals surface area contributed by atoms with Crippen LogP contribution in [0.3, 0.4) is 0 Å². The molecule has 0 aromatic heterocycles. The van der Waals surface area contributed by atoms with Crippen LogP contribution in [0.5, 0.6) is 0 Å².